The number of carbonyl (C=O) groups is 1. The van der Waals surface area contributed by atoms with Crippen LogP contribution in [0.25, 0.3) is 16.8 Å². The van der Waals surface area contributed by atoms with E-state index in [1.807, 2.05) is 24.3 Å². The topological polar surface area (TPSA) is 41.9 Å². The summed E-state index contributed by atoms with van der Waals surface area (Å²) in [5, 5.41) is 4.51. The maximum Gasteiger partial charge on any atom is 0.271 e. The Morgan fingerprint density at radius 3 is 2.24 bits per heavy atom. The monoisotopic (exact) mass is 614 g/mol. The molecule has 0 atom stereocenters. The summed E-state index contributed by atoms with van der Waals surface area (Å²) in [6, 6.07) is 33.9. The lowest BCUT2D eigenvalue weighted by atomic mass is 10.1. The number of aliphatic imine (C=N–C) groups is 1. The summed E-state index contributed by atoms with van der Waals surface area (Å²) in [6.45, 7) is 0.362. The smallest absolute Gasteiger partial charge is 0.271 e. The zero-order valence-electron chi connectivity index (χ0n) is 21.4. The third kappa shape index (κ3) is 6.14. The van der Waals surface area contributed by atoms with Gasteiger partial charge in [-0.2, -0.15) is 0 Å². The van der Waals surface area contributed by atoms with Crippen molar-refractivity contribution in [2.75, 3.05) is 4.90 Å². The van der Waals surface area contributed by atoms with Crippen LogP contribution >= 0.6 is 46.6 Å². The molecule has 202 valence electrons. The summed E-state index contributed by atoms with van der Waals surface area (Å²) >= 11 is 19.8. The standard InChI is InChI=1S/C33H21Cl3N2O2S/c34-24-8-13-27(14-9-24)37-33-38(28-15-10-25(35)11-16-28)32(39)31(41-33)19-23-18-26(36)12-17-30(23)40-20-22-6-3-5-21-4-1-2-7-29(21)22/h1-19H,20H2/b31-19-,37-33?. The van der Waals surface area contributed by atoms with Crippen molar-refractivity contribution < 1.29 is 9.53 Å². The average Bonchev–Trinajstić information content (AvgIpc) is 3.28. The second-order valence-electron chi connectivity index (χ2n) is 9.21. The molecule has 0 aliphatic carbocycles. The number of nitrogens with zero attached hydrogens (tertiary/aromatic N) is 2. The number of hydrogen-bond acceptors (Lipinski definition) is 4. The first kappa shape index (κ1) is 27.4. The van der Waals surface area contributed by atoms with E-state index in [0.717, 1.165) is 16.3 Å². The van der Waals surface area contributed by atoms with Crippen molar-refractivity contribution in [1.82, 2.24) is 0 Å². The lowest BCUT2D eigenvalue weighted by molar-refractivity contribution is -0.113. The number of benzene rings is 5. The molecule has 0 saturated carbocycles. The fourth-order valence-electron chi connectivity index (χ4n) is 4.47. The van der Waals surface area contributed by atoms with E-state index >= 15 is 0 Å². The molecule has 1 aliphatic heterocycles. The van der Waals surface area contributed by atoms with E-state index in [0.29, 0.717) is 54.4 Å². The van der Waals surface area contributed by atoms with Crippen molar-refractivity contribution in [3.05, 3.63) is 140 Å². The largest absolute Gasteiger partial charge is 0.488 e. The van der Waals surface area contributed by atoms with E-state index in [1.165, 1.54) is 11.8 Å². The molecule has 1 aliphatic rings. The van der Waals surface area contributed by atoms with Gasteiger partial charge >= 0.3 is 0 Å². The van der Waals surface area contributed by atoms with Gasteiger partial charge in [-0.05, 0) is 101 Å². The summed E-state index contributed by atoms with van der Waals surface area (Å²) in [4.78, 5) is 20.6. The van der Waals surface area contributed by atoms with E-state index in [4.69, 9.17) is 44.5 Å². The van der Waals surface area contributed by atoms with Gasteiger partial charge in [0.25, 0.3) is 5.91 Å². The molecule has 0 spiro atoms. The Kier molecular flexibility index (Phi) is 8.04. The number of carbonyl (C=O) groups excluding carboxylic acids is 1. The zero-order valence-corrected chi connectivity index (χ0v) is 24.5. The van der Waals surface area contributed by atoms with Gasteiger partial charge in [-0.3, -0.25) is 9.69 Å². The van der Waals surface area contributed by atoms with E-state index in [-0.39, 0.29) is 5.91 Å². The summed E-state index contributed by atoms with van der Waals surface area (Å²) in [7, 11) is 0. The van der Waals surface area contributed by atoms with Crippen molar-refractivity contribution in [3.8, 4) is 5.75 Å². The van der Waals surface area contributed by atoms with Crippen LogP contribution in [-0.4, -0.2) is 11.1 Å². The van der Waals surface area contributed by atoms with Crippen molar-refractivity contribution >= 4 is 85.9 Å². The van der Waals surface area contributed by atoms with Crippen molar-refractivity contribution in [2.45, 2.75) is 6.61 Å². The molecule has 5 aromatic carbocycles. The van der Waals surface area contributed by atoms with Gasteiger partial charge in [-0.25, -0.2) is 4.99 Å². The number of hydrogen-bond donors (Lipinski definition) is 0. The van der Waals surface area contributed by atoms with Crippen molar-refractivity contribution in [2.24, 2.45) is 4.99 Å². The van der Waals surface area contributed by atoms with Crippen LogP contribution in [0, 0.1) is 0 Å². The average molecular weight is 616 g/mol. The highest BCUT2D eigenvalue weighted by Crippen LogP contribution is 2.39. The molecule has 5 aromatic rings. The van der Waals surface area contributed by atoms with Gasteiger partial charge in [0.2, 0.25) is 0 Å². The minimum atomic E-state index is -0.218. The summed E-state index contributed by atoms with van der Waals surface area (Å²) in [6.07, 6.45) is 1.80. The first-order valence-electron chi connectivity index (χ1n) is 12.7. The fraction of sp³-hybridized carbons (Fsp3) is 0.0303. The lowest BCUT2D eigenvalue weighted by Crippen LogP contribution is -2.28. The number of rotatable bonds is 6. The Hall–Kier alpha value is -3.74. The van der Waals surface area contributed by atoms with Crippen molar-refractivity contribution in [1.29, 1.82) is 0 Å². The Morgan fingerprint density at radius 2 is 1.46 bits per heavy atom. The molecule has 41 heavy (non-hydrogen) atoms. The molecule has 0 aromatic heterocycles. The van der Waals surface area contributed by atoms with Gasteiger partial charge in [-0.15, -0.1) is 0 Å². The first-order chi connectivity index (χ1) is 19.9. The molecule has 0 bridgehead atoms. The number of halogens is 3. The molecule has 6 rings (SSSR count). The molecule has 0 radical (unpaired) electrons. The molecule has 1 fully saturated rings. The Morgan fingerprint density at radius 1 is 0.780 bits per heavy atom. The maximum atomic E-state index is 13.8. The van der Waals surface area contributed by atoms with E-state index in [2.05, 4.69) is 24.3 Å². The number of anilines is 1. The first-order valence-corrected chi connectivity index (χ1v) is 14.6. The summed E-state index contributed by atoms with van der Waals surface area (Å²) in [5.74, 6) is 0.398. The van der Waals surface area contributed by atoms with Gasteiger partial charge < -0.3 is 4.74 Å². The number of fused-ring (bicyclic) bond motifs is 1. The minimum absolute atomic E-state index is 0.218. The van der Waals surface area contributed by atoms with Crippen molar-refractivity contribution in [3.63, 3.8) is 0 Å². The van der Waals surface area contributed by atoms with E-state index < -0.39 is 0 Å². The van der Waals surface area contributed by atoms with Crippen LogP contribution in [0.2, 0.25) is 15.1 Å². The van der Waals surface area contributed by atoms with Crippen LogP contribution < -0.4 is 9.64 Å². The predicted molar refractivity (Wildman–Crippen MR) is 173 cm³/mol. The highest BCUT2D eigenvalue weighted by atomic mass is 35.5. The highest BCUT2D eigenvalue weighted by Gasteiger charge is 2.35. The minimum Gasteiger partial charge on any atom is -0.488 e. The molecule has 1 heterocycles. The molecule has 1 amide bonds. The normalized spacial score (nSPS) is 15.3. The maximum absolute atomic E-state index is 13.8. The van der Waals surface area contributed by atoms with Crippen LogP contribution in [0.15, 0.2) is 119 Å². The molecule has 1 saturated heterocycles. The number of thioether (sulfide) groups is 1. The Balaban J connectivity index is 1.35. The van der Waals surface area contributed by atoms with Crippen LogP contribution in [0.1, 0.15) is 11.1 Å². The quantitative estimate of drug-likeness (QED) is 0.179. The molecule has 0 N–H and O–H groups in total. The zero-order chi connectivity index (χ0) is 28.3. The van der Waals surface area contributed by atoms with Gasteiger partial charge in [0, 0.05) is 20.6 Å². The summed E-state index contributed by atoms with van der Waals surface area (Å²) in [5.41, 5.74) is 3.08. The number of amides is 1. The van der Waals surface area contributed by atoms with E-state index in [1.54, 1.807) is 71.6 Å². The molecule has 8 heteroatoms. The van der Waals surface area contributed by atoms with Gasteiger partial charge in [0.15, 0.2) is 5.17 Å². The Bertz CT molecular complexity index is 1810. The molecular formula is C33H21Cl3N2O2S. The fourth-order valence-corrected chi connectivity index (χ4v) is 5.90. The third-order valence-corrected chi connectivity index (χ3v) is 8.17. The molecular weight excluding hydrogens is 595 g/mol. The second kappa shape index (κ2) is 12.0. The summed E-state index contributed by atoms with van der Waals surface area (Å²) < 4.78 is 6.30. The van der Waals surface area contributed by atoms with Gasteiger partial charge in [0.1, 0.15) is 12.4 Å². The van der Waals surface area contributed by atoms with Crippen LogP contribution in [0.5, 0.6) is 5.75 Å². The third-order valence-electron chi connectivity index (χ3n) is 6.46. The van der Waals surface area contributed by atoms with Crippen LogP contribution in [0.3, 0.4) is 0 Å². The van der Waals surface area contributed by atoms with E-state index in [9.17, 15) is 4.79 Å². The van der Waals surface area contributed by atoms with Gasteiger partial charge in [0.05, 0.1) is 16.3 Å². The van der Waals surface area contributed by atoms with Crippen LogP contribution in [-0.2, 0) is 11.4 Å². The SMILES string of the molecule is O=C1/C(=C/c2cc(Cl)ccc2OCc2cccc3ccccc23)SC(=Nc2ccc(Cl)cc2)N1c1ccc(Cl)cc1. The lowest BCUT2D eigenvalue weighted by Gasteiger charge is -2.15. The van der Waals surface area contributed by atoms with Gasteiger partial charge in [-0.1, -0.05) is 77.3 Å². The number of ether oxygens (including phenoxy) is 1. The molecule has 4 nitrogen and oxygen atoms in total. The highest BCUT2D eigenvalue weighted by molar-refractivity contribution is 8.19. The van der Waals surface area contributed by atoms with Crippen LogP contribution in [0.4, 0.5) is 11.4 Å². The Labute approximate surface area is 256 Å². The second-order valence-corrected chi connectivity index (χ2v) is 11.5. The number of amidine groups is 1. The predicted octanol–water partition coefficient (Wildman–Crippen LogP) is 10.2. The molecule has 0 unspecified atom stereocenters.